The van der Waals surface area contributed by atoms with E-state index in [1.54, 1.807) is 42.5 Å². The first-order valence-electron chi connectivity index (χ1n) is 16.2. The molecule has 0 saturated carbocycles. The van der Waals surface area contributed by atoms with Crippen LogP contribution in [0.3, 0.4) is 0 Å². The highest BCUT2D eigenvalue weighted by molar-refractivity contribution is 5.95. The molecule has 0 aliphatic heterocycles. The van der Waals surface area contributed by atoms with Crippen LogP contribution in [0.1, 0.15) is 51.2 Å². The van der Waals surface area contributed by atoms with Gasteiger partial charge in [0.1, 0.15) is 31.3 Å². The van der Waals surface area contributed by atoms with Crippen molar-refractivity contribution >= 4 is 35.6 Å². The number of carboxylic acid groups (broad SMARTS) is 1. The number of aliphatic imine (C=N–C) groups is 1. The summed E-state index contributed by atoms with van der Waals surface area (Å²) >= 11 is 0. The van der Waals surface area contributed by atoms with Gasteiger partial charge in [-0.15, -0.1) is 0 Å². The maximum absolute atomic E-state index is 13.7. The fourth-order valence-electron chi connectivity index (χ4n) is 4.70. The number of nitrogens with two attached hydrogens (primary N) is 3. The number of nitrogens with one attached hydrogen (secondary N) is 4. The van der Waals surface area contributed by atoms with Gasteiger partial charge in [0, 0.05) is 13.0 Å². The monoisotopic (exact) mass is 669 g/mol. The zero-order valence-electron chi connectivity index (χ0n) is 28.4. The minimum atomic E-state index is -1.26. The van der Waals surface area contributed by atoms with E-state index in [2.05, 4.69) is 32.0 Å². The minimum absolute atomic E-state index is 0.0437. The number of carboxylic acids is 1. The van der Waals surface area contributed by atoms with Crippen molar-refractivity contribution in [3.63, 3.8) is 0 Å². The number of aromatic hydroxyl groups is 1. The minimum Gasteiger partial charge on any atom is -0.508 e. The molecule has 0 aliphatic carbocycles. The second-order valence-electron chi connectivity index (χ2n) is 11.9. The van der Waals surface area contributed by atoms with Crippen molar-refractivity contribution in [3.8, 4) is 5.75 Å². The van der Waals surface area contributed by atoms with E-state index in [0.717, 1.165) is 0 Å². The fraction of sp³-hybridized carbons (Fsp3) is 0.455. The van der Waals surface area contributed by atoms with Gasteiger partial charge in [0.15, 0.2) is 5.96 Å². The van der Waals surface area contributed by atoms with E-state index in [1.165, 1.54) is 19.1 Å². The van der Waals surface area contributed by atoms with E-state index >= 15 is 0 Å². The number of hydrogen-bond donors (Lipinski definition) is 9. The molecule has 12 N–H and O–H groups in total. The van der Waals surface area contributed by atoms with E-state index in [-0.39, 0.29) is 56.3 Å². The standard InChI is InChI=1S/C33H48N8O7/c1-19(2)16-26(30(45)39-25(32(47)48)10-7-15-37-33(35)36)41-31(46)27(18-21-8-5-4-6-9-21)40-28(43)20(3)38-29(44)24(34)17-22-11-13-23(42)14-12-22/h4-6,8-9,11-14,19-20,24-27,42H,7,10,15-18,34H2,1-3H3,(H,38,44)(H,39,45)(H,40,43)(H,41,46)(H,47,48)(H4,35,36,37)/t20-,24-,25-,26-,27-/m0/s1/i/hD. The Morgan fingerprint density at radius 3 is 1.94 bits per heavy atom. The Morgan fingerprint density at radius 1 is 0.771 bits per heavy atom. The largest absolute Gasteiger partial charge is 0.508 e. The van der Waals surface area contributed by atoms with E-state index in [1.807, 2.05) is 13.8 Å². The Bertz CT molecular complexity index is 1420. The van der Waals surface area contributed by atoms with Gasteiger partial charge in [-0.25, -0.2) is 4.79 Å². The number of rotatable bonds is 20. The number of carbonyl (C=O) groups excluding carboxylic acids is 4. The van der Waals surface area contributed by atoms with Crippen molar-refractivity contribution < 1.29 is 35.6 Å². The average Bonchev–Trinajstić information content (AvgIpc) is 3.04. The average molecular weight is 670 g/mol. The van der Waals surface area contributed by atoms with Crippen LogP contribution >= 0.6 is 0 Å². The van der Waals surface area contributed by atoms with Gasteiger partial charge in [-0.1, -0.05) is 56.3 Å². The van der Waals surface area contributed by atoms with Gasteiger partial charge < -0.3 is 48.7 Å². The SMILES string of the molecule is [2H]N[C@@H](Cc1ccc(O)cc1)C(=O)N[C@@H](C)C(=O)N[C@@H](Cc1ccccc1)C(=O)N[C@@H](CC(C)C)C(=O)N[C@@H](CCCN=C(N)N)C(=O)O. The predicted octanol–water partition coefficient (Wildman–Crippen LogP) is -0.352. The van der Waals surface area contributed by atoms with Crippen LogP contribution in [0.2, 0.25) is 1.41 Å². The van der Waals surface area contributed by atoms with E-state index in [0.29, 0.717) is 11.1 Å². The molecular formula is C33H48N8O7. The number of phenols is 1. The van der Waals surface area contributed by atoms with E-state index in [9.17, 15) is 34.2 Å². The lowest BCUT2D eigenvalue weighted by molar-refractivity contribution is -0.142. The maximum atomic E-state index is 13.7. The number of nitrogens with zero attached hydrogens (tertiary/aromatic N) is 1. The van der Waals surface area contributed by atoms with Crippen LogP contribution < -0.4 is 38.5 Å². The molecule has 48 heavy (non-hydrogen) atoms. The van der Waals surface area contributed by atoms with Crippen molar-refractivity contribution in [2.24, 2.45) is 28.1 Å². The zero-order valence-corrected chi connectivity index (χ0v) is 27.4. The summed E-state index contributed by atoms with van der Waals surface area (Å²) in [6, 6.07) is 9.33. The molecule has 0 bridgehead atoms. The number of amides is 4. The summed E-state index contributed by atoms with van der Waals surface area (Å²) in [5, 5.41) is 29.6. The van der Waals surface area contributed by atoms with Gasteiger partial charge in [0.25, 0.3) is 0 Å². The van der Waals surface area contributed by atoms with E-state index in [4.69, 9.17) is 12.9 Å². The molecule has 5 atom stereocenters. The summed E-state index contributed by atoms with van der Waals surface area (Å²) in [5.41, 5.74) is 14.2. The molecule has 262 valence electrons. The zero-order chi connectivity index (χ0) is 36.5. The van der Waals surface area contributed by atoms with Crippen LogP contribution in [0.5, 0.6) is 5.75 Å². The molecule has 2 rings (SSSR count). The summed E-state index contributed by atoms with van der Waals surface area (Å²) in [7, 11) is 0. The molecule has 2 aromatic rings. The lowest BCUT2D eigenvalue weighted by atomic mass is 10.00. The molecule has 2 aromatic carbocycles. The van der Waals surface area contributed by atoms with Crippen molar-refractivity contribution in [2.75, 3.05) is 6.54 Å². The van der Waals surface area contributed by atoms with Crippen LogP contribution in [0.4, 0.5) is 0 Å². The third kappa shape index (κ3) is 14.1. The Labute approximate surface area is 281 Å². The van der Waals surface area contributed by atoms with Gasteiger partial charge in [0.05, 0.1) is 6.04 Å². The molecule has 0 saturated heterocycles. The molecule has 15 nitrogen and oxygen atoms in total. The van der Waals surface area contributed by atoms with Crippen molar-refractivity contribution in [3.05, 3.63) is 65.7 Å². The van der Waals surface area contributed by atoms with Crippen LogP contribution in [0.15, 0.2) is 59.6 Å². The molecule has 15 heteroatoms. The second kappa shape index (κ2) is 19.5. The molecule has 0 fully saturated rings. The van der Waals surface area contributed by atoms with Crippen molar-refractivity contribution in [2.45, 2.75) is 83.1 Å². The number of hydrogen-bond acceptors (Lipinski definition) is 8. The van der Waals surface area contributed by atoms with Crippen LogP contribution in [-0.4, -0.2) is 82.5 Å². The quantitative estimate of drug-likeness (QED) is 0.0502. The number of carbonyl (C=O) groups is 5. The highest BCUT2D eigenvalue weighted by Crippen LogP contribution is 2.12. The van der Waals surface area contributed by atoms with Gasteiger partial charge >= 0.3 is 5.97 Å². The Morgan fingerprint density at radius 2 is 1.35 bits per heavy atom. The normalized spacial score (nSPS) is 14.3. The molecule has 0 unspecified atom stereocenters. The van der Waals surface area contributed by atoms with Gasteiger partial charge in [0.2, 0.25) is 23.6 Å². The van der Waals surface area contributed by atoms with E-state index < -0.39 is 59.8 Å². The number of benzene rings is 2. The summed E-state index contributed by atoms with van der Waals surface area (Å²) in [6.07, 6.45) is 0.670. The molecular weight excluding hydrogens is 620 g/mol. The number of phenolic OH excluding ortho intramolecular Hbond substituents is 1. The topological polar surface area (TPSA) is 264 Å². The van der Waals surface area contributed by atoms with Gasteiger partial charge in [-0.2, -0.15) is 0 Å². The Balaban J connectivity index is 2.18. The molecule has 0 aliphatic rings. The highest BCUT2D eigenvalue weighted by atomic mass is 16.4. The molecule has 0 aromatic heterocycles. The molecule has 0 heterocycles. The van der Waals surface area contributed by atoms with Gasteiger partial charge in [-0.05, 0) is 61.8 Å². The van der Waals surface area contributed by atoms with Crippen LogP contribution in [-0.2, 0) is 36.8 Å². The number of aliphatic carboxylic acids is 1. The molecule has 0 spiro atoms. The van der Waals surface area contributed by atoms with Crippen LogP contribution in [0, 0.1) is 5.92 Å². The highest BCUT2D eigenvalue weighted by Gasteiger charge is 2.31. The van der Waals surface area contributed by atoms with Crippen molar-refractivity contribution in [1.82, 2.24) is 21.3 Å². The summed E-state index contributed by atoms with van der Waals surface area (Å²) in [4.78, 5) is 69.0. The molecule has 0 radical (unpaired) electrons. The summed E-state index contributed by atoms with van der Waals surface area (Å²) < 4.78 is 7.61. The maximum Gasteiger partial charge on any atom is 0.326 e. The Hall–Kier alpha value is -5.18. The van der Waals surface area contributed by atoms with Crippen LogP contribution in [0.25, 0.3) is 0 Å². The first kappa shape index (κ1) is 37.3. The Kier molecular flexibility index (Phi) is 15.1. The predicted molar refractivity (Wildman–Crippen MR) is 180 cm³/mol. The second-order valence-corrected chi connectivity index (χ2v) is 11.9. The smallest absolute Gasteiger partial charge is 0.326 e. The lowest BCUT2D eigenvalue weighted by Gasteiger charge is -2.26. The molecule has 4 amide bonds. The third-order valence-corrected chi connectivity index (χ3v) is 7.26. The first-order valence-corrected chi connectivity index (χ1v) is 15.7. The van der Waals surface area contributed by atoms with Gasteiger partial charge in [-0.3, -0.25) is 24.2 Å². The summed E-state index contributed by atoms with van der Waals surface area (Å²) in [5.74, 6) is -4.12. The first-order chi connectivity index (χ1) is 23.2. The third-order valence-electron chi connectivity index (χ3n) is 7.26. The summed E-state index contributed by atoms with van der Waals surface area (Å²) in [6.45, 7) is 5.28. The lowest BCUT2D eigenvalue weighted by Crippen LogP contribution is -2.58. The van der Waals surface area contributed by atoms with Crippen molar-refractivity contribution in [1.29, 1.82) is 0 Å². The number of guanidine groups is 1. The fourth-order valence-corrected chi connectivity index (χ4v) is 4.70.